The molecule has 0 fully saturated rings. The van der Waals surface area contributed by atoms with Crippen molar-refractivity contribution < 1.29 is 28.2 Å². The first-order valence-electron chi connectivity index (χ1n) is 6.08. The van der Waals surface area contributed by atoms with Gasteiger partial charge in [-0.15, -0.1) is 0 Å². The summed E-state index contributed by atoms with van der Waals surface area (Å²) in [4.78, 5) is 22.6. The fourth-order valence-electron chi connectivity index (χ4n) is 1.42. The van der Waals surface area contributed by atoms with E-state index in [0.29, 0.717) is 6.42 Å². The Bertz CT molecular complexity index is 328. The lowest BCUT2D eigenvalue weighted by molar-refractivity contribution is -0.152. The number of nitrogens with one attached hydrogen (secondary N) is 1. The minimum absolute atomic E-state index is 0.256. The summed E-state index contributed by atoms with van der Waals surface area (Å²) in [7, 11) is 0. The number of halogens is 2. The molecule has 0 aromatic carbocycles. The van der Waals surface area contributed by atoms with Crippen molar-refractivity contribution in [1.82, 2.24) is 5.32 Å². The molecule has 0 aromatic heterocycles. The zero-order valence-electron chi connectivity index (χ0n) is 11.6. The first-order valence-corrected chi connectivity index (χ1v) is 6.08. The number of hydrogen-bond donors (Lipinski definition) is 2. The van der Waals surface area contributed by atoms with Gasteiger partial charge in [-0.3, -0.25) is 0 Å². The molecule has 0 spiro atoms. The molecule has 0 radical (unpaired) electrons. The van der Waals surface area contributed by atoms with E-state index in [0.717, 1.165) is 0 Å². The number of rotatable bonds is 6. The van der Waals surface area contributed by atoms with Gasteiger partial charge in [0.2, 0.25) is 5.54 Å². The zero-order valence-corrected chi connectivity index (χ0v) is 11.6. The van der Waals surface area contributed by atoms with Crippen molar-refractivity contribution in [2.75, 3.05) is 0 Å². The number of carbonyl (C=O) groups is 2. The summed E-state index contributed by atoms with van der Waals surface area (Å²) in [5, 5.41) is 10.8. The van der Waals surface area contributed by atoms with Gasteiger partial charge in [-0.1, -0.05) is 19.8 Å². The van der Waals surface area contributed by atoms with Crippen LogP contribution in [-0.2, 0) is 9.53 Å². The molecule has 19 heavy (non-hydrogen) atoms. The van der Waals surface area contributed by atoms with Crippen LogP contribution in [0.3, 0.4) is 0 Å². The fourth-order valence-corrected chi connectivity index (χ4v) is 1.42. The van der Waals surface area contributed by atoms with E-state index in [9.17, 15) is 18.4 Å². The zero-order chi connectivity index (χ0) is 15.3. The summed E-state index contributed by atoms with van der Waals surface area (Å²) in [5.74, 6) is -1.76. The number of aliphatic carboxylic acids is 1. The molecule has 0 rings (SSSR count). The Hall–Kier alpha value is -1.40. The highest BCUT2D eigenvalue weighted by Gasteiger charge is 2.49. The average Bonchev–Trinajstić information content (AvgIpc) is 2.20. The summed E-state index contributed by atoms with van der Waals surface area (Å²) >= 11 is 0. The van der Waals surface area contributed by atoms with E-state index >= 15 is 0 Å². The third kappa shape index (κ3) is 5.40. The molecule has 7 heteroatoms. The SMILES string of the molecule is CCCCC(NC(=O)OC(C)(C)C)(C(=O)O)C(F)F. The van der Waals surface area contributed by atoms with E-state index in [-0.39, 0.29) is 12.8 Å². The smallest absolute Gasteiger partial charge is 0.408 e. The predicted octanol–water partition coefficient (Wildman–Crippen LogP) is 2.79. The van der Waals surface area contributed by atoms with Crippen LogP contribution in [0, 0.1) is 0 Å². The Labute approximate surface area is 111 Å². The maximum absolute atomic E-state index is 13.1. The second-order valence-electron chi connectivity index (χ2n) is 5.31. The molecule has 0 heterocycles. The Morgan fingerprint density at radius 2 is 1.84 bits per heavy atom. The highest BCUT2D eigenvalue weighted by molar-refractivity contribution is 5.85. The largest absolute Gasteiger partial charge is 0.479 e. The Kier molecular flexibility index (Phi) is 6.18. The minimum Gasteiger partial charge on any atom is -0.479 e. The molecule has 5 nitrogen and oxygen atoms in total. The highest BCUT2D eigenvalue weighted by atomic mass is 19.3. The number of hydrogen-bond acceptors (Lipinski definition) is 3. The lowest BCUT2D eigenvalue weighted by Gasteiger charge is -2.31. The molecule has 1 atom stereocenters. The van der Waals surface area contributed by atoms with Gasteiger partial charge in [0, 0.05) is 0 Å². The average molecular weight is 281 g/mol. The molecule has 1 amide bonds. The molecule has 0 saturated carbocycles. The maximum atomic E-state index is 13.1. The molecule has 112 valence electrons. The number of unbranched alkanes of at least 4 members (excludes halogenated alkanes) is 1. The first-order chi connectivity index (χ1) is 8.55. The quantitative estimate of drug-likeness (QED) is 0.785. The highest BCUT2D eigenvalue weighted by Crippen LogP contribution is 2.24. The molecule has 2 N–H and O–H groups in total. The number of alkyl halides is 2. The number of carboxylic acids is 1. The summed E-state index contributed by atoms with van der Waals surface area (Å²) < 4.78 is 31.0. The van der Waals surface area contributed by atoms with Crippen molar-refractivity contribution in [3.63, 3.8) is 0 Å². The van der Waals surface area contributed by atoms with Crippen molar-refractivity contribution in [1.29, 1.82) is 0 Å². The molecule has 0 aliphatic heterocycles. The normalized spacial score (nSPS) is 14.9. The van der Waals surface area contributed by atoms with Crippen LogP contribution in [-0.4, -0.2) is 34.7 Å². The van der Waals surface area contributed by atoms with Gasteiger partial charge in [0.1, 0.15) is 5.60 Å². The summed E-state index contributed by atoms with van der Waals surface area (Å²) in [6.45, 7) is 6.42. The van der Waals surface area contributed by atoms with Crippen LogP contribution in [0.1, 0.15) is 47.0 Å². The number of carbonyl (C=O) groups excluding carboxylic acids is 1. The topological polar surface area (TPSA) is 75.6 Å². The van der Waals surface area contributed by atoms with Gasteiger partial charge in [0.15, 0.2) is 0 Å². The van der Waals surface area contributed by atoms with E-state index in [1.165, 1.54) is 0 Å². The van der Waals surface area contributed by atoms with Crippen molar-refractivity contribution >= 4 is 12.1 Å². The van der Waals surface area contributed by atoms with Gasteiger partial charge in [-0.05, 0) is 27.2 Å². The molecule has 1 unspecified atom stereocenters. The molecular formula is C12H21F2NO4. The Morgan fingerprint density at radius 1 is 1.32 bits per heavy atom. The van der Waals surface area contributed by atoms with Gasteiger partial charge in [0.25, 0.3) is 6.43 Å². The van der Waals surface area contributed by atoms with Crippen molar-refractivity contribution in [2.45, 2.75) is 64.5 Å². The lowest BCUT2D eigenvalue weighted by Crippen LogP contribution is -2.60. The minimum atomic E-state index is -3.22. The van der Waals surface area contributed by atoms with Crippen LogP contribution in [0.5, 0.6) is 0 Å². The second kappa shape index (κ2) is 6.68. The predicted molar refractivity (Wildman–Crippen MR) is 65.3 cm³/mol. The molecule has 0 aliphatic carbocycles. The summed E-state index contributed by atoms with van der Waals surface area (Å²) in [6.07, 6.45) is -3.93. The lowest BCUT2D eigenvalue weighted by atomic mass is 9.93. The summed E-state index contributed by atoms with van der Waals surface area (Å²) in [5.41, 5.74) is -3.49. The number of amides is 1. The Balaban J connectivity index is 5.03. The van der Waals surface area contributed by atoms with Crippen molar-refractivity contribution in [2.24, 2.45) is 0 Å². The van der Waals surface area contributed by atoms with Gasteiger partial charge < -0.3 is 15.2 Å². The number of carboxylic acid groups (broad SMARTS) is 1. The monoisotopic (exact) mass is 281 g/mol. The molecule has 0 saturated heterocycles. The van der Waals surface area contributed by atoms with Gasteiger partial charge in [0.05, 0.1) is 0 Å². The van der Waals surface area contributed by atoms with E-state index in [1.807, 2.05) is 5.32 Å². The third-order valence-corrected chi connectivity index (χ3v) is 2.40. The molecular weight excluding hydrogens is 260 g/mol. The van der Waals surface area contributed by atoms with Gasteiger partial charge in [-0.25, -0.2) is 18.4 Å². The van der Waals surface area contributed by atoms with Crippen LogP contribution < -0.4 is 5.32 Å². The second-order valence-corrected chi connectivity index (χ2v) is 5.31. The standard InChI is InChI=1S/C12H21F2NO4/c1-5-6-7-12(8(13)14,9(16)17)15-10(18)19-11(2,3)4/h8H,5-7H2,1-4H3,(H,15,18)(H,16,17). The van der Waals surface area contributed by atoms with Crippen LogP contribution in [0.15, 0.2) is 0 Å². The molecule has 0 aliphatic rings. The number of ether oxygens (including phenoxy) is 1. The van der Waals surface area contributed by atoms with Crippen LogP contribution in [0.2, 0.25) is 0 Å². The van der Waals surface area contributed by atoms with Crippen LogP contribution in [0.25, 0.3) is 0 Å². The van der Waals surface area contributed by atoms with Crippen molar-refractivity contribution in [3.8, 4) is 0 Å². The molecule has 0 bridgehead atoms. The van der Waals surface area contributed by atoms with Crippen LogP contribution in [0.4, 0.5) is 13.6 Å². The fraction of sp³-hybridized carbons (Fsp3) is 0.833. The van der Waals surface area contributed by atoms with Crippen molar-refractivity contribution in [3.05, 3.63) is 0 Å². The Morgan fingerprint density at radius 3 is 2.16 bits per heavy atom. The van der Waals surface area contributed by atoms with E-state index in [2.05, 4.69) is 0 Å². The van der Waals surface area contributed by atoms with E-state index in [1.54, 1.807) is 27.7 Å². The van der Waals surface area contributed by atoms with Crippen LogP contribution >= 0.6 is 0 Å². The number of alkyl carbamates (subject to hydrolysis) is 1. The maximum Gasteiger partial charge on any atom is 0.408 e. The van der Waals surface area contributed by atoms with Gasteiger partial charge >= 0.3 is 12.1 Å². The first kappa shape index (κ1) is 17.6. The van der Waals surface area contributed by atoms with Gasteiger partial charge in [-0.2, -0.15) is 0 Å². The summed E-state index contributed by atoms with van der Waals surface area (Å²) in [6, 6.07) is 0. The van der Waals surface area contributed by atoms with E-state index in [4.69, 9.17) is 9.84 Å². The molecule has 0 aromatic rings. The third-order valence-electron chi connectivity index (χ3n) is 2.40. The van der Waals surface area contributed by atoms with E-state index < -0.39 is 29.6 Å².